The molecule has 1 aliphatic rings. The van der Waals surface area contributed by atoms with Crippen molar-refractivity contribution < 1.29 is 18.7 Å². The zero-order valence-corrected chi connectivity index (χ0v) is 21.2. The molecule has 198 valence electrons. The summed E-state index contributed by atoms with van der Waals surface area (Å²) in [7, 11) is 1.44. The van der Waals surface area contributed by atoms with E-state index >= 15 is 0 Å². The fourth-order valence-corrected chi connectivity index (χ4v) is 4.41. The van der Waals surface area contributed by atoms with Crippen LogP contribution in [0.3, 0.4) is 0 Å². The Morgan fingerprint density at radius 3 is 2.41 bits per heavy atom. The fourth-order valence-electron chi connectivity index (χ4n) is 4.41. The van der Waals surface area contributed by atoms with E-state index in [9.17, 15) is 18.8 Å². The molecule has 2 N–H and O–H groups in total. The molecule has 10 heteroatoms. The molecule has 0 unspecified atom stereocenters. The van der Waals surface area contributed by atoms with Gasteiger partial charge in [-0.25, -0.2) is 9.37 Å². The molecule has 2 heterocycles. The van der Waals surface area contributed by atoms with Crippen molar-refractivity contribution in [1.82, 2.24) is 20.2 Å². The van der Waals surface area contributed by atoms with Crippen molar-refractivity contribution in [3.05, 3.63) is 117 Å². The molecule has 0 saturated heterocycles. The molecule has 0 bridgehead atoms. The number of fused-ring (bicyclic) bond motifs is 1. The predicted molar refractivity (Wildman–Crippen MR) is 144 cm³/mol. The molecular formula is C29H26FN5O4. The first-order valence-corrected chi connectivity index (χ1v) is 12.4. The number of carbonyl (C=O) groups is 2. The lowest BCUT2D eigenvalue weighted by Gasteiger charge is -2.19. The van der Waals surface area contributed by atoms with Gasteiger partial charge in [-0.3, -0.25) is 19.0 Å². The quantitative estimate of drug-likeness (QED) is 0.364. The first kappa shape index (κ1) is 25.7. The van der Waals surface area contributed by atoms with Gasteiger partial charge in [0.2, 0.25) is 11.7 Å². The summed E-state index contributed by atoms with van der Waals surface area (Å²) in [6.45, 7) is 0.853. The maximum Gasteiger partial charge on any atom is 0.298 e. The second-order valence-corrected chi connectivity index (χ2v) is 8.87. The van der Waals surface area contributed by atoms with E-state index < -0.39 is 23.2 Å². The van der Waals surface area contributed by atoms with Crippen molar-refractivity contribution in [3.63, 3.8) is 0 Å². The summed E-state index contributed by atoms with van der Waals surface area (Å²) >= 11 is 0. The van der Waals surface area contributed by atoms with Crippen LogP contribution in [0.15, 0.2) is 83.7 Å². The smallest absolute Gasteiger partial charge is 0.298 e. The van der Waals surface area contributed by atoms with Gasteiger partial charge in [-0.1, -0.05) is 54.6 Å². The van der Waals surface area contributed by atoms with Crippen LogP contribution >= 0.6 is 0 Å². The Bertz CT molecular complexity index is 1570. The van der Waals surface area contributed by atoms with Crippen molar-refractivity contribution in [2.45, 2.75) is 19.7 Å². The van der Waals surface area contributed by atoms with Crippen LogP contribution in [-0.4, -0.2) is 35.0 Å². The largest absolute Gasteiger partial charge is 0.481 e. The minimum absolute atomic E-state index is 0.0680. The highest BCUT2D eigenvalue weighted by molar-refractivity contribution is 5.97. The summed E-state index contributed by atoms with van der Waals surface area (Å²) in [5.41, 5.74) is 1.51. The maximum atomic E-state index is 13.8. The molecule has 0 spiro atoms. The van der Waals surface area contributed by atoms with Gasteiger partial charge in [0.1, 0.15) is 12.4 Å². The number of aromatic nitrogens is 2. The van der Waals surface area contributed by atoms with Crippen LogP contribution in [0.25, 0.3) is 0 Å². The van der Waals surface area contributed by atoms with Crippen LogP contribution in [0.4, 0.5) is 16.0 Å². The average molecular weight is 528 g/mol. The second-order valence-electron chi connectivity index (χ2n) is 8.87. The molecule has 1 aliphatic heterocycles. The Labute approximate surface area is 223 Å². The van der Waals surface area contributed by atoms with Gasteiger partial charge in [-0.2, -0.15) is 0 Å². The van der Waals surface area contributed by atoms with Gasteiger partial charge >= 0.3 is 0 Å². The average Bonchev–Trinajstić information content (AvgIpc) is 3.40. The third-order valence-corrected chi connectivity index (χ3v) is 6.39. The topological polar surface area (TPSA) is 106 Å². The molecule has 3 aromatic carbocycles. The molecule has 5 rings (SSSR count). The van der Waals surface area contributed by atoms with Crippen molar-refractivity contribution in [1.29, 1.82) is 0 Å². The lowest BCUT2D eigenvalue weighted by atomic mass is 10.1. The van der Waals surface area contributed by atoms with Crippen LogP contribution in [0.2, 0.25) is 0 Å². The number of hydrogen-bond donors (Lipinski definition) is 2. The lowest BCUT2D eigenvalue weighted by molar-refractivity contribution is 0.0931. The summed E-state index contributed by atoms with van der Waals surface area (Å²) in [5.74, 6) is -1.56. The Morgan fingerprint density at radius 1 is 0.974 bits per heavy atom. The fraction of sp³-hybridized carbons (Fsp3) is 0.172. The first-order chi connectivity index (χ1) is 19.0. The monoisotopic (exact) mass is 527 g/mol. The summed E-state index contributed by atoms with van der Waals surface area (Å²) in [6.07, 6.45) is 0. The number of nitrogens with zero attached hydrogens (tertiary/aromatic N) is 3. The summed E-state index contributed by atoms with van der Waals surface area (Å²) in [5, 5.41) is 5.18. The SMILES string of the molecule is CNC(=O)c1cc(F)ccc1CNC(=O)c1nc2n(c(=O)c1OCc1ccccc1)CCN2c1ccccc1. The highest BCUT2D eigenvalue weighted by Crippen LogP contribution is 2.29. The van der Waals surface area contributed by atoms with E-state index in [1.165, 1.54) is 23.7 Å². The number of halogens is 1. The van der Waals surface area contributed by atoms with Crippen LogP contribution in [0.1, 0.15) is 32.0 Å². The van der Waals surface area contributed by atoms with E-state index in [4.69, 9.17) is 4.74 Å². The Hall–Kier alpha value is -4.99. The number of hydrogen-bond acceptors (Lipinski definition) is 6. The minimum Gasteiger partial charge on any atom is -0.481 e. The molecule has 0 radical (unpaired) electrons. The van der Waals surface area contributed by atoms with Crippen molar-refractivity contribution >= 4 is 23.5 Å². The van der Waals surface area contributed by atoms with E-state index in [0.29, 0.717) is 24.6 Å². The molecule has 0 aliphatic carbocycles. The molecule has 2 amide bonds. The van der Waals surface area contributed by atoms with E-state index in [1.807, 2.05) is 65.6 Å². The number of para-hydroxylation sites is 1. The third kappa shape index (κ3) is 5.35. The van der Waals surface area contributed by atoms with Crippen LogP contribution in [0, 0.1) is 5.82 Å². The Kier molecular flexibility index (Phi) is 7.35. The summed E-state index contributed by atoms with van der Waals surface area (Å²) in [4.78, 5) is 45.7. The Balaban J connectivity index is 1.50. The highest BCUT2D eigenvalue weighted by atomic mass is 19.1. The number of anilines is 2. The van der Waals surface area contributed by atoms with Crippen LogP contribution < -0.4 is 25.8 Å². The van der Waals surface area contributed by atoms with Gasteiger partial charge in [0.05, 0.1) is 0 Å². The zero-order valence-electron chi connectivity index (χ0n) is 21.2. The number of ether oxygens (including phenoxy) is 1. The van der Waals surface area contributed by atoms with Crippen LogP contribution in [0.5, 0.6) is 5.75 Å². The van der Waals surface area contributed by atoms with E-state index in [-0.39, 0.29) is 30.2 Å². The molecule has 4 aromatic rings. The van der Waals surface area contributed by atoms with Crippen LogP contribution in [-0.2, 0) is 19.7 Å². The zero-order chi connectivity index (χ0) is 27.4. The minimum atomic E-state index is -0.661. The van der Waals surface area contributed by atoms with Gasteiger partial charge in [-0.05, 0) is 35.4 Å². The molecule has 0 atom stereocenters. The molecule has 1 aromatic heterocycles. The number of carbonyl (C=O) groups excluding carboxylic acids is 2. The van der Waals surface area contributed by atoms with E-state index in [1.54, 1.807) is 0 Å². The number of benzene rings is 3. The first-order valence-electron chi connectivity index (χ1n) is 12.4. The maximum absolute atomic E-state index is 13.8. The molecular weight excluding hydrogens is 501 g/mol. The van der Waals surface area contributed by atoms with E-state index in [2.05, 4.69) is 15.6 Å². The molecule has 0 saturated carbocycles. The summed E-state index contributed by atoms with van der Waals surface area (Å²) < 4.78 is 21.2. The van der Waals surface area contributed by atoms with E-state index in [0.717, 1.165) is 17.3 Å². The third-order valence-electron chi connectivity index (χ3n) is 6.39. The standard InChI is InChI=1S/C29H26FN5O4/c1-31-26(36)23-16-21(30)13-12-20(23)17-32-27(37)24-25(39-18-19-8-4-2-5-9-19)28(38)35-15-14-34(29(35)33-24)22-10-6-3-7-11-22/h2-13,16H,14-15,17-18H2,1H3,(H,31,36)(H,32,37). The van der Waals surface area contributed by atoms with Crippen molar-refractivity contribution in [2.75, 3.05) is 18.5 Å². The number of amides is 2. The highest BCUT2D eigenvalue weighted by Gasteiger charge is 2.30. The summed E-state index contributed by atoms with van der Waals surface area (Å²) in [6, 6.07) is 22.5. The Morgan fingerprint density at radius 2 is 1.69 bits per heavy atom. The second kappa shape index (κ2) is 11.2. The molecule has 9 nitrogen and oxygen atoms in total. The number of rotatable bonds is 8. The molecule has 39 heavy (non-hydrogen) atoms. The van der Waals surface area contributed by atoms with Crippen molar-refractivity contribution in [2.24, 2.45) is 0 Å². The predicted octanol–water partition coefficient (Wildman–Crippen LogP) is 3.40. The van der Waals surface area contributed by atoms with Gasteiger partial charge in [0.25, 0.3) is 17.4 Å². The van der Waals surface area contributed by atoms with Gasteiger partial charge in [0, 0.05) is 37.9 Å². The van der Waals surface area contributed by atoms with Crippen molar-refractivity contribution in [3.8, 4) is 5.75 Å². The lowest BCUT2D eigenvalue weighted by Crippen LogP contribution is -2.31. The van der Waals surface area contributed by atoms with Gasteiger partial charge < -0.3 is 20.3 Å². The van der Waals surface area contributed by atoms with Gasteiger partial charge in [-0.15, -0.1) is 0 Å². The van der Waals surface area contributed by atoms with Gasteiger partial charge in [0.15, 0.2) is 5.69 Å². The number of nitrogens with one attached hydrogen (secondary N) is 2. The molecule has 0 fully saturated rings. The normalized spacial score (nSPS) is 12.1.